The van der Waals surface area contributed by atoms with Gasteiger partial charge in [-0.2, -0.15) is 0 Å². The third-order valence-corrected chi connectivity index (χ3v) is 4.26. The molecule has 0 aliphatic carbocycles. The number of hydrogen-bond acceptors (Lipinski definition) is 7. The Morgan fingerprint density at radius 1 is 1.43 bits per heavy atom. The number of nitrogens with zero attached hydrogens (tertiary/aromatic N) is 4. The summed E-state index contributed by atoms with van der Waals surface area (Å²) in [5.74, 6) is 0.782. The normalized spacial score (nSPS) is 15.9. The van der Waals surface area contributed by atoms with Crippen LogP contribution in [0.2, 0.25) is 0 Å². The maximum absolute atomic E-state index is 11.5. The molecule has 0 aromatic carbocycles. The monoisotopic (exact) mass is 308 g/mol. The standard InChI is InChI=1S/C13H16N4O3S/c1-9-5-11(16-20-9)7-17-4-3-10-6-14-13(21(2,18)19)15-12(10)8-17/h5-6H,3-4,7-8H2,1-2H3. The SMILES string of the molecule is Cc1cc(CN2CCc3cnc(S(C)(=O)=O)nc3C2)no1. The smallest absolute Gasteiger partial charge is 0.247 e. The zero-order valence-electron chi connectivity index (χ0n) is 11.9. The molecule has 1 aliphatic rings. The van der Waals surface area contributed by atoms with E-state index < -0.39 is 9.84 Å². The van der Waals surface area contributed by atoms with Crippen molar-refractivity contribution >= 4 is 9.84 Å². The van der Waals surface area contributed by atoms with Crippen LogP contribution in [0.15, 0.2) is 21.9 Å². The fourth-order valence-electron chi connectivity index (χ4n) is 2.37. The quantitative estimate of drug-likeness (QED) is 0.772. The zero-order valence-corrected chi connectivity index (χ0v) is 12.7. The molecule has 0 bridgehead atoms. The summed E-state index contributed by atoms with van der Waals surface area (Å²) < 4.78 is 28.1. The van der Waals surface area contributed by atoms with Crippen molar-refractivity contribution in [1.29, 1.82) is 0 Å². The summed E-state index contributed by atoms with van der Waals surface area (Å²) in [6, 6.07) is 1.90. The molecule has 0 amide bonds. The van der Waals surface area contributed by atoms with Crippen molar-refractivity contribution in [1.82, 2.24) is 20.0 Å². The van der Waals surface area contributed by atoms with Crippen molar-refractivity contribution in [2.24, 2.45) is 0 Å². The number of aromatic nitrogens is 3. The number of sulfone groups is 1. The molecule has 7 nitrogen and oxygen atoms in total. The van der Waals surface area contributed by atoms with Gasteiger partial charge in [0.2, 0.25) is 15.0 Å². The van der Waals surface area contributed by atoms with Crippen LogP contribution in [0.25, 0.3) is 0 Å². The fraction of sp³-hybridized carbons (Fsp3) is 0.462. The van der Waals surface area contributed by atoms with Crippen LogP contribution in [0.1, 0.15) is 22.7 Å². The van der Waals surface area contributed by atoms with E-state index in [1.165, 1.54) is 0 Å². The predicted molar refractivity (Wildman–Crippen MR) is 74.2 cm³/mol. The van der Waals surface area contributed by atoms with Gasteiger partial charge >= 0.3 is 0 Å². The minimum Gasteiger partial charge on any atom is -0.361 e. The summed E-state index contributed by atoms with van der Waals surface area (Å²) in [6.07, 6.45) is 3.54. The van der Waals surface area contributed by atoms with E-state index in [4.69, 9.17) is 4.52 Å². The summed E-state index contributed by atoms with van der Waals surface area (Å²) in [6.45, 7) is 3.97. The van der Waals surface area contributed by atoms with Crippen LogP contribution in [-0.4, -0.2) is 41.2 Å². The molecule has 0 atom stereocenters. The number of hydrogen-bond donors (Lipinski definition) is 0. The Hall–Kier alpha value is -1.80. The molecule has 0 fully saturated rings. The number of fused-ring (bicyclic) bond motifs is 1. The van der Waals surface area contributed by atoms with Gasteiger partial charge in [0.25, 0.3) is 0 Å². The molecule has 21 heavy (non-hydrogen) atoms. The van der Waals surface area contributed by atoms with Crippen LogP contribution in [0, 0.1) is 6.92 Å². The first-order chi connectivity index (χ1) is 9.91. The second-order valence-electron chi connectivity index (χ2n) is 5.29. The van der Waals surface area contributed by atoms with Crippen molar-refractivity contribution in [3.63, 3.8) is 0 Å². The maximum Gasteiger partial charge on any atom is 0.247 e. The molecule has 0 radical (unpaired) electrons. The lowest BCUT2D eigenvalue weighted by atomic mass is 10.1. The van der Waals surface area contributed by atoms with Gasteiger partial charge < -0.3 is 4.52 Å². The Morgan fingerprint density at radius 3 is 2.90 bits per heavy atom. The first kappa shape index (κ1) is 14.2. The first-order valence-corrected chi connectivity index (χ1v) is 8.50. The van der Waals surface area contributed by atoms with Crippen LogP contribution >= 0.6 is 0 Å². The van der Waals surface area contributed by atoms with Crippen molar-refractivity contribution in [2.75, 3.05) is 12.8 Å². The van der Waals surface area contributed by atoms with Crippen LogP contribution < -0.4 is 0 Å². The van der Waals surface area contributed by atoms with E-state index in [9.17, 15) is 8.42 Å². The van der Waals surface area contributed by atoms with Crippen LogP contribution in [0.3, 0.4) is 0 Å². The Balaban J connectivity index is 1.80. The van der Waals surface area contributed by atoms with Crippen molar-refractivity contribution in [2.45, 2.75) is 31.6 Å². The van der Waals surface area contributed by atoms with Gasteiger partial charge in [0.15, 0.2) is 0 Å². The van der Waals surface area contributed by atoms with Crippen molar-refractivity contribution < 1.29 is 12.9 Å². The lowest BCUT2D eigenvalue weighted by Crippen LogP contribution is -2.31. The van der Waals surface area contributed by atoms with Gasteiger partial charge in [-0.05, 0) is 18.9 Å². The topological polar surface area (TPSA) is 89.2 Å². The molecule has 3 rings (SSSR count). The molecular formula is C13H16N4O3S. The largest absolute Gasteiger partial charge is 0.361 e. The van der Waals surface area contributed by atoms with E-state index >= 15 is 0 Å². The third-order valence-electron chi connectivity index (χ3n) is 3.40. The van der Waals surface area contributed by atoms with Gasteiger partial charge in [-0.1, -0.05) is 5.16 Å². The van der Waals surface area contributed by atoms with E-state index in [2.05, 4.69) is 20.0 Å². The summed E-state index contributed by atoms with van der Waals surface area (Å²) in [4.78, 5) is 10.3. The third kappa shape index (κ3) is 3.11. The van der Waals surface area contributed by atoms with E-state index in [0.717, 1.165) is 41.9 Å². The van der Waals surface area contributed by atoms with E-state index in [-0.39, 0.29) is 5.16 Å². The second-order valence-corrected chi connectivity index (χ2v) is 7.20. The maximum atomic E-state index is 11.5. The lowest BCUT2D eigenvalue weighted by molar-refractivity contribution is 0.232. The van der Waals surface area contributed by atoms with E-state index in [1.807, 2.05) is 13.0 Å². The second kappa shape index (κ2) is 5.19. The molecule has 0 N–H and O–H groups in total. The highest BCUT2D eigenvalue weighted by Gasteiger charge is 2.21. The average molecular weight is 308 g/mol. The van der Waals surface area contributed by atoms with E-state index in [0.29, 0.717) is 13.1 Å². The Kier molecular flexibility index (Phi) is 3.50. The molecule has 2 aromatic rings. The molecular weight excluding hydrogens is 292 g/mol. The molecule has 0 saturated heterocycles. The minimum absolute atomic E-state index is 0.111. The van der Waals surface area contributed by atoms with Gasteiger partial charge in [0, 0.05) is 38.2 Å². The first-order valence-electron chi connectivity index (χ1n) is 6.61. The highest BCUT2D eigenvalue weighted by atomic mass is 32.2. The molecule has 0 spiro atoms. The molecule has 1 aliphatic heterocycles. The zero-order chi connectivity index (χ0) is 15.0. The lowest BCUT2D eigenvalue weighted by Gasteiger charge is -2.26. The Labute approximate surface area is 122 Å². The molecule has 8 heteroatoms. The van der Waals surface area contributed by atoms with Crippen LogP contribution in [-0.2, 0) is 29.3 Å². The summed E-state index contributed by atoms with van der Waals surface area (Å²) in [7, 11) is -3.38. The summed E-state index contributed by atoms with van der Waals surface area (Å²) >= 11 is 0. The number of rotatable bonds is 3. The predicted octanol–water partition coefficient (Wildman–Crippen LogP) is 0.735. The van der Waals surface area contributed by atoms with Gasteiger partial charge in [0.05, 0.1) is 11.4 Å². The molecule has 0 saturated carbocycles. The van der Waals surface area contributed by atoms with Gasteiger partial charge in [0.1, 0.15) is 5.76 Å². The van der Waals surface area contributed by atoms with Gasteiger partial charge in [-0.3, -0.25) is 4.90 Å². The Bertz CT molecular complexity index is 769. The molecule has 2 aromatic heterocycles. The fourth-order valence-corrected chi connectivity index (χ4v) is 2.89. The van der Waals surface area contributed by atoms with Crippen molar-refractivity contribution in [3.8, 4) is 0 Å². The average Bonchev–Trinajstić information content (AvgIpc) is 2.82. The van der Waals surface area contributed by atoms with Crippen LogP contribution in [0.4, 0.5) is 0 Å². The minimum atomic E-state index is -3.38. The number of aryl methyl sites for hydroxylation is 1. The summed E-state index contributed by atoms with van der Waals surface area (Å²) in [5.41, 5.74) is 2.65. The summed E-state index contributed by atoms with van der Waals surface area (Å²) in [5, 5.41) is 3.87. The molecule has 112 valence electrons. The van der Waals surface area contributed by atoms with E-state index in [1.54, 1.807) is 6.20 Å². The van der Waals surface area contributed by atoms with Gasteiger partial charge in [-0.15, -0.1) is 0 Å². The Morgan fingerprint density at radius 2 is 2.24 bits per heavy atom. The van der Waals surface area contributed by atoms with Crippen molar-refractivity contribution in [3.05, 3.63) is 35.0 Å². The van der Waals surface area contributed by atoms with Gasteiger partial charge in [-0.25, -0.2) is 18.4 Å². The molecule has 0 unspecified atom stereocenters. The highest BCUT2D eigenvalue weighted by molar-refractivity contribution is 7.90. The highest BCUT2D eigenvalue weighted by Crippen LogP contribution is 2.19. The molecule has 3 heterocycles. The van der Waals surface area contributed by atoms with Crippen LogP contribution in [0.5, 0.6) is 0 Å².